The second-order valence-electron chi connectivity index (χ2n) is 7.35. The SMILES string of the molecule is CCCOc1cc(CC(=O)O)cc(S(=O)(=O)c2cc(-c3ccc(C(F)(F)F)cc3)c(C)s2)c1. The number of benzene rings is 2. The average Bonchev–Trinajstić information content (AvgIpc) is 3.13. The first-order chi connectivity index (χ1) is 15.4. The van der Waals surface area contributed by atoms with Gasteiger partial charge < -0.3 is 9.84 Å². The lowest BCUT2D eigenvalue weighted by Crippen LogP contribution is -2.06. The smallest absolute Gasteiger partial charge is 0.416 e. The van der Waals surface area contributed by atoms with Crippen molar-refractivity contribution in [3.63, 3.8) is 0 Å². The number of ether oxygens (including phenoxy) is 1. The van der Waals surface area contributed by atoms with Crippen molar-refractivity contribution in [3.05, 3.63) is 64.5 Å². The Morgan fingerprint density at radius 2 is 1.76 bits per heavy atom. The van der Waals surface area contributed by atoms with Crippen LogP contribution >= 0.6 is 11.3 Å². The summed E-state index contributed by atoms with van der Waals surface area (Å²) in [6.07, 6.45) is -4.15. The lowest BCUT2D eigenvalue weighted by Gasteiger charge is -2.10. The Morgan fingerprint density at radius 3 is 2.33 bits per heavy atom. The number of thiophene rings is 1. The molecule has 0 amide bonds. The standard InChI is InChI=1S/C23H21F3O5S2/c1-3-8-31-18-9-15(11-21(27)28)10-19(12-18)33(29,30)22-13-20(14(2)32-22)16-4-6-17(7-5-16)23(24,25)26/h4-7,9-10,12-13H,3,8,11H2,1-2H3,(H,27,28). The molecular weight excluding hydrogens is 477 g/mol. The molecule has 5 nitrogen and oxygen atoms in total. The molecule has 0 fully saturated rings. The lowest BCUT2D eigenvalue weighted by atomic mass is 10.0. The molecule has 3 aromatic rings. The highest BCUT2D eigenvalue weighted by Gasteiger charge is 2.30. The molecule has 0 radical (unpaired) electrons. The molecule has 1 aromatic heterocycles. The number of alkyl halides is 3. The number of hydrogen-bond acceptors (Lipinski definition) is 5. The number of halogens is 3. The Labute approximate surface area is 193 Å². The molecule has 0 aliphatic heterocycles. The molecule has 10 heteroatoms. The fourth-order valence-corrected chi connectivity index (χ4v) is 6.15. The summed E-state index contributed by atoms with van der Waals surface area (Å²) >= 11 is 0.997. The zero-order valence-electron chi connectivity index (χ0n) is 17.8. The van der Waals surface area contributed by atoms with E-state index in [-0.39, 0.29) is 26.8 Å². The maximum atomic E-state index is 13.3. The van der Waals surface area contributed by atoms with Crippen molar-refractivity contribution in [2.75, 3.05) is 6.61 Å². The monoisotopic (exact) mass is 498 g/mol. The van der Waals surface area contributed by atoms with E-state index in [0.717, 1.165) is 23.5 Å². The summed E-state index contributed by atoms with van der Waals surface area (Å²) in [5.41, 5.74) is 0.467. The molecule has 0 saturated carbocycles. The number of sulfone groups is 1. The molecule has 1 N–H and O–H groups in total. The second kappa shape index (κ2) is 9.56. The minimum Gasteiger partial charge on any atom is -0.494 e. The van der Waals surface area contributed by atoms with Gasteiger partial charge in [-0.3, -0.25) is 4.79 Å². The molecule has 176 valence electrons. The third-order valence-corrected chi connectivity index (χ3v) is 8.02. The van der Waals surface area contributed by atoms with E-state index >= 15 is 0 Å². The predicted molar refractivity (Wildman–Crippen MR) is 119 cm³/mol. The molecule has 0 spiro atoms. The van der Waals surface area contributed by atoms with Crippen molar-refractivity contribution < 1.29 is 36.2 Å². The van der Waals surface area contributed by atoms with E-state index in [1.807, 2.05) is 6.92 Å². The van der Waals surface area contributed by atoms with Crippen molar-refractivity contribution in [2.24, 2.45) is 0 Å². The Hall–Kier alpha value is -2.85. The van der Waals surface area contributed by atoms with Crippen molar-refractivity contribution in [1.29, 1.82) is 0 Å². The first-order valence-corrected chi connectivity index (χ1v) is 12.2. The topological polar surface area (TPSA) is 80.7 Å². The van der Waals surface area contributed by atoms with E-state index in [1.165, 1.54) is 36.4 Å². The van der Waals surface area contributed by atoms with E-state index in [1.54, 1.807) is 6.92 Å². The maximum absolute atomic E-state index is 13.3. The molecule has 0 aliphatic carbocycles. The fourth-order valence-electron chi connectivity index (χ4n) is 3.19. The summed E-state index contributed by atoms with van der Waals surface area (Å²) < 4.78 is 70.8. The van der Waals surface area contributed by atoms with Crippen LogP contribution in [0.5, 0.6) is 5.75 Å². The van der Waals surface area contributed by atoms with Gasteiger partial charge in [-0.25, -0.2) is 8.42 Å². The molecule has 0 aliphatic rings. The summed E-state index contributed by atoms with van der Waals surface area (Å²) in [6, 6.07) is 10.1. The molecule has 0 atom stereocenters. The third kappa shape index (κ3) is 5.75. The Balaban J connectivity index is 2.02. The largest absolute Gasteiger partial charge is 0.494 e. The quantitative estimate of drug-likeness (QED) is 0.413. The highest BCUT2D eigenvalue weighted by Crippen LogP contribution is 2.38. The van der Waals surface area contributed by atoms with Crippen LogP contribution in [-0.2, 0) is 27.2 Å². The van der Waals surface area contributed by atoms with E-state index in [9.17, 15) is 26.4 Å². The molecule has 1 heterocycles. The molecule has 2 aromatic carbocycles. The molecule has 3 rings (SSSR count). The molecular formula is C23H21F3O5S2. The second-order valence-corrected chi connectivity index (χ2v) is 10.8. The predicted octanol–water partition coefficient (Wildman–Crippen LogP) is 5.99. The summed E-state index contributed by atoms with van der Waals surface area (Å²) in [4.78, 5) is 11.7. The Bertz CT molecular complexity index is 1260. The van der Waals surface area contributed by atoms with E-state index in [0.29, 0.717) is 29.0 Å². The summed E-state index contributed by atoms with van der Waals surface area (Å²) in [6.45, 7) is 3.91. The van der Waals surface area contributed by atoms with Crippen LogP contribution in [0.1, 0.15) is 29.3 Å². The zero-order chi connectivity index (χ0) is 24.4. The van der Waals surface area contributed by atoms with Gasteiger partial charge in [0.15, 0.2) is 0 Å². The molecule has 0 saturated heterocycles. The number of aryl methyl sites for hydroxylation is 1. The van der Waals surface area contributed by atoms with Crippen molar-refractivity contribution in [1.82, 2.24) is 0 Å². The van der Waals surface area contributed by atoms with Crippen molar-refractivity contribution in [3.8, 4) is 16.9 Å². The van der Waals surface area contributed by atoms with Gasteiger partial charge in [0, 0.05) is 4.88 Å². The van der Waals surface area contributed by atoms with Crippen molar-refractivity contribution >= 4 is 27.1 Å². The van der Waals surface area contributed by atoms with Gasteiger partial charge in [0.2, 0.25) is 9.84 Å². The van der Waals surface area contributed by atoms with Crippen LogP contribution in [0.15, 0.2) is 57.6 Å². The highest BCUT2D eigenvalue weighted by molar-refractivity contribution is 7.93. The normalized spacial score (nSPS) is 12.0. The minimum absolute atomic E-state index is 0.00353. The van der Waals surface area contributed by atoms with Crippen LogP contribution < -0.4 is 4.74 Å². The van der Waals surface area contributed by atoms with Crippen LogP contribution in [0.25, 0.3) is 11.1 Å². The number of carboxylic acids is 1. The van der Waals surface area contributed by atoms with E-state index < -0.39 is 27.5 Å². The first kappa shape index (κ1) is 24.8. The minimum atomic E-state index is -4.46. The number of hydrogen-bond donors (Lipinski definition) is 1. The van der Waals surface area contributed by atoms with Gasteiger partial charge in [-0.15, -0.1) is 11.3 Å². The van der Waals surface area contributed by atoms with Gasteiger partial charge in [0.1, 0.15) is 9.96 Å². The summed E-state index contributed by atoms with van der Waals surface area (Å²) in [5.74, 6) is -0.854. The third-order valence-electron chi connectivity index (χ3n) is 4.76. The number of carbonyl (C=O) groups is 1. The zero-order valence-corrected chi connectivity index (χ0v) is 19.4. The lowest BCUT2D eigenvalue weighted by molar-refractivity contribution is -0.138. The number of carboxylic acid groups (broad SMARTS) is 1. The molecule has 0 bridgehead atoms. The van der Waals surface area contributed by atoms with Gasteiger partial charge >= 0.3 is 12.1 Å². The van der Waals surface area contributed by atoms with Gasteiger partial charge in [0.05, 0.1) is 23.5 Å². The number of aliphatic carboxylic acids is 1. The van der Waals surface area contributed by atoms with Crippen LogP contribution in [-0.4, -0.2) is 26.1 Å². The average molecular weight is 499 g/mol. The van der Waals surface area contributed by atoms with Gasteiger partial charge in [-0.05, 0) is 66.4 Å². The summed E-state index contributed by atoms with van der Waals surface area (Å²) in [5, 5.41) is 9.12. The van der Waals surface area contributed by atoms with Crippen LogP contribution in [0.4, 0.5) is 13.2 Å². The van der Waals surface area contributed by atoms with Crippen LogP contribution in [0.3, 0.4) is 0 Å². The van der Waals surface area contributed by atoms with Crippen molar-refractivity contribution in [2.45, 2.75) is 42.0 Å². The maximum Gasteiger partial charge on any atom is 0.416 e. The van der Waals surface area contributed by atoms with E-state index in [2.05, 4.69) is 0 Å². The Morgan fingerprint density at radius 1 is 1.09 bits per heavy atom. The van der Waals surface area contributed by atoms with Crippen LogP contribution in [0.2, 0.25) is 0 Å². The fraction of sp³-hybridized carbons (Fsp3) is 0.261. The molecule has 33 heavy (non-hydrogen) atoms. The molecule has 0 unspecified atom stereocenters. The highest BCUT2D eigenvalue weighted by atomic mass is 32.2. The Kier molecular flexibility index (Phi) is 7.18. The van der Waals surface area contributed by atoms with E-state index in [4.69, 9.17) is 9.84 Å². The van der Waals surface area contributed by atoms with Gasteiger partial charge in [-0.2, -0.15) is 13.2 Å². The first-order valence-electron chi connectivity index (χ1n) is 9.93. The van der Waals surface area contributed by atoms with Crippen LogP contribution in [0, 0.1) is 6.92 Å². The number of rotatable bonds is 8. The van der Waals surface area contributed by atoms with Gasteiger partial charge in [-0.1, -0.05) is 19.1 Å². The summed E-state index contributed by atoms with van der Waals surface area (Å²) in [7, 11) is -4.02. The van der Waals surface area contributed by atoms with Gasteiger partial charge in [0.25, 0.3) is 0 Å².